The number of nitrogens with zero attached hydrogens (tertiary/aromatic N) is 1. The molecule has 0 spiro atoms. The number of benzene rings is 1. The third-order valence-corrected chi connectivity index (χ3v) is 12.3. The maximum Gasteiger partial charge on any atom is 0.327 e. The van der Waals surface area contributed by atoms with E-state index in [0.29, 0.717) is 12.8 Å². The molecule has 4 aliphatic heterocycles. The van der Waals surface area contributed by atoms with E-state index in [-0.39, 0.29) is 32.7 Å². The molecule has 18 nitrogen and oxygen atoms in total. The Bertz CT molecular complexity index is 1620. The quantitative estimate of drug-likeness (QED) is 0.0595. The van der Waals surface area contributed by atoms with Crippen LogP contribution in [-0.2, 0) is 49.5 Å². The Balaban J connectivity index is 1.23. The number of carbonyl (C=O) groups is 3. The summed E-state index contributed by atoms with van der Waals surface area (Å²) in [7, 11) is 0. The van der Waals surface area contributed by atoms with Gasteiger partial charge in [0.25, 0.3) is 0 Å². The van der Waals surface area contributed by atoms with Crippen LogP contribution in [0.5, 0.6) is 0 Å². The van der Waals surface area contributed by atoms with Crippen LogP contribution in [-0.4, -0.2) is 159 Å². The largest absolute Gasteiger partial charge is 0.458 e. The predicted octanol–water partition coefficient (Wildman–Crippen LogP) is -0.0688. The summed E-state index contributed by atoms with van der Waals surface area (Å²) in [6.07, 6.45) is -1.24. The van der Waals surface area contributed by atoms with Crippen LogP contribution in [0.3, 0.4) is 0 Å². The van der Waals surface area contributed by atoms with Crippen LogP contribution in [0, 0.1) is 5.41 Å². The first-order valence-corrected chi connectivity index (χ1v) is 21.4. The number of rotatable bonds is 21. The first-order chi connectivity index (χ1) is 28.8. The van der Waals surface area contributed by atoms with Crippen LogP contribution >= 0.6 is 0 Å². The van der Waals surface area contributed by atoms with Gasteiger partial charge < -0.3 is 65.0 Å². The van der Waals surface area contributed by atoms with Crippen LogP contribution in [0.15, 0.2) is 30.3 Å². The Morgan fingerprint density at radius 1 is 0.983 bits per heavy atom. The molecule has 60 heavy (non-hydrogen) atoms. The Kier molecular flexibility index (Phi) is 15.8. The summed E-state index contributed by atoms with van der Waals surface area (Å²) in [5, 5.41) is 66.3. The molecule has 5 aliphatic rings. The summed E-state index contributed by atoms with van der Waals surface area (Å²) in [5.74, 6) is -3.02. The smallest absolute Gasteiger partial charge is 0.327 e. The lowest BCUT2D eigenvalue weighted by Gasteiger charge is -2.49. The van der Waals surface area contributed by atoms with Crippen molar-refractivity contribution < 1.29 is 73.5 Å². The molecule has 0 unspecified atom stereocenters. The monoisotopic (exact) mass is 849 g/mol. The molecule has 4 heterocycles. The van der Waals surface area contributed by atoms with Gasteiger partial charge in [0.1, 0.15) is 60.3 Å². The van der Waals surface area contributed by atoms with E-state index < -0.39 is 109 Å². The number of esters is 1. The van der Waals surface area contributed by atoms with E-state index in [1.807, 2.05) is 24.3 Å². The molecule has 8 N–H and O–H groups in total. The van der Waals surface area contributed by atoms with Crippen molar-refractivity contribution in [2.24, 2.45) is 5.41 Å². The normalized spacial score (nSPS) is 34.2. The summed E-state index contributed by atoms with van der Waals surface area (Å²) >= 11 is 0. The fourth-order valence-corrected chi connectivity index (χ4v) is 9.12. The van der Waals surface area contributed by atoms with Gasteiger partial charge in [-0.3, -0.25) is 19.2 Å². The minimum atomic E-state index is -1.60. The first-order valence-electron chi connectivity index (χ1n) is 21.4. The van der Waals surface area contributed by atoms with Gasteiger partial charge in [-0.1, -0.05) is 75.9 Å². The molecular formula is C42H63N3O15. The minimum absolute atomic E-state index is 0.0200. The van der Waals surface area contributed by atoms with E-state index in [1.54, 1.807) is 12.2 Å². The van der Waals surface area contributed by atoms with Gasteiger partial charge in [-0.2, -0.15) is 5.06 Å². The average molecular weight is 850 g/mol. The highest BCUT2D eigenvalue weighted by Crippen LogP contribution is 2.58. The zero-order chi connectivity index (χ0) is 43.2. The Labute approximate surface area is 350 Å². The lowest BCUT2D eigenvalue weighted by Crippen LogP contribution is -2.71. The van der Waals surface area contributed by atoms with Gasteiger partial charge in [0.2, 0.25) is 11.8 Å². The number of ether oxygens (including phenoxy) is 5. The number of hydrogen-bond donors (Lipinski definition) is 8. The van der Waals surface area contributed by atoms with Gasteiger partial charge in [-0.15, -0.1) is 0 Å². The van der Waals surface area contributed by atoms with Crippen molar-refractivity contribution in [3.63, 3.8) is 0 Å². The topological polar surface area (TPSA) is 255 Å². The standard InChI is InChI=1S/C42H63N3O15/c1-4-6-8-16-41(17-9-7-5-2)58-33-27-21-42(40(54)44-29(24(3)48)37(52)43-18-19-46)35(38(53)56-27)45(60-36(42)34(33)59-41)22-26-14-12-25(13-15-26)11-10-20-55-39-32(51)31(50)30(49)28(23-47)57-39/h10-15,24,27-36,39,46-51H,4-9,16-23H2,1-3H3,(H,43,52)(H,44,54)/t24-,27+,28+,29+,30-,31-,32+,33-,34-,35-,36+,39-,42-/m0/s1. The fourth-order valence-electron chi connectivity index (χ4n) is 9.12. The Morgan fingerprint density at radius 2 is 1.67 bits per heavy atom. The van der Waals surface area contributed by atoms with E-state index in [9.17, 15) is 45.0 Å². The number of hydroxylamine groups is 2. The maximum absolute atomic E-state index is 14.8. The highest BCUT2D eigenvalue weighted by atomic mass is 16.8. The summed E-state index contributed by atoms with van der Waals surface area (Å²) in [6, 6.07) is 4.66. The van der Waals surface area contributed by atoms with Crippen LogP contribution in [0.2, 0.25) is 0 Å². The van der Waals surface area contributed by atoms with Gasteiger partial charge >= 0.3 is 5.97 Å². The van der Waals surface area contributed by atoms with Crippen LogP contribution in [0.4, 0.5) is 0 Å². The molecule has 6 rings (SSSR count). The summed E-state index contributed by atoms with van der Waals surface area (Å²) in [5.41, 5.74) is -0.0947. The minimum Gasteiger partial charge on any atom is -0.458 e. The molecule has 336 valence electrons. The number of unbranched alkanes of at least 4 members (excludes halogenated alkanes) is 4. The molecule has 1 saturated carbocycles. The van der Waals surface area contributed by atoms with E-state index in [0.717, 1.165) is 49.7 Å². The van der Waals surface area contributed by atoms with Crippen molar-refractivity contribution in [1.82, 2.24) is 15.7 Å². The molecule has 0 aromatic heterocycles. The van der Waals surface area contributed by atoms with Gasteiger partial charge in [-0.25, -0.2) is 0 Å². The molecule has 1 aromatic carbocycles. The zero-order valence-corrected chi connectivity index (χ0v) is 34.6. The van der Waals surface area contributed by atoms with Gasteiger partial charge in [0.05, 0.1) is 32.5 Å². The van der Waals surface area contributed by atoms with Crippen LogP contribution < -0.4 is 10.6 Å². The van der Waals surface area contributed by atoms with Gasteiger partial charge in [-0.05, 0) is 30.9 Å². The van der Waals surface area contributed by atoms with Crippen molar-refractivity contribution in [3.05, 3.63) is 41.5 Å². The summed E-state index contributed by atoms with van der Waals surface area (Å²) < 4.78 is 30.8. The van der Waals surface area contributed by atoms with E-state index in [4.69, 9.17) is 28.5 Å². The molecule has 13 atom stereocenters. The molecule has 1 aliphatic carbocycles. The second-order valence-electron chi connectivity index (χ2n) is 16.6. The van der Waals surface area contributed by atoms with E-state index in [1.165, 1.54) is 12.0 Å². The predicted molar refractivity (Wildman–Crippen MR) is 211 cm³/mol. The van der Waals surface area contributed by atoms with Gasteiger partial charge in [0, 0.05) is 25.8 Å². The van der Waals surface area contributed by atoms with Crippen molar-refractivity contribution in [3.8, 4) is 0 Å². The number of fused-ring (bicyclic) bond motifs is 4. The molecule has 18 heteroatoms. The van der Waals surface area contributed by atoms with Crippen molar-refractivity contribution >= 4 is 23.9 Å². The molecule has 2 amide bonds. The zero-order valence-electron chi connectivity index (χ0n) is 34.6. The van der Waals surface area contributed by atoms with Crippen LogP contribution in [0.1, 0.15) is 89.7 Å². The molecule has 2 bridgehead atoms. The maximum atomic E-state index is 14.8. The van der Waals surface area contributed by atoms with E-state index >= 15 is 0 Å². The highest BCUT2D eigenvalue weighted by Gasteiger charge is 2.76. The third-order valence-electron chi connectivity index (χ3n) is 12.3. The Morgan fingerprint density at radius 3 is 2.30 bits per heavy atom. The van der Waals surface area contributed by atoms with Crippen LogP contribution in [0.25, 0.3) is 6.08 Å². The number of carbonyl (C=O) groups excluding carboxylic acids is 3. The van der Waals surface area contributed by atoms with Gasteiger partial charge in [0.15, 0.2) is 18.1 Å². The Hall–Kier alpha value is -3.11. The fraction of sp³-hybridized carbons (Fsp3) is 0.738. The third kappa shape index (κ3) is 9.60. The molecular weight excluding hydrogens is 786 g/mol. The summed E-state index contributed by atoms with van der Waals surface area (Å²) in [4.78, 5) is 48.8. The number of aliphatic hydroxyl groups is 6. The molecule has 5 fully saturated rings. The second-order valence-corrected chi connectivity index (χ2v) is 16.6. The van der Waals surface area contributed by atoms with E-state index in [2.05, 4.69) is 24.5 Å². The van der Waals surface area contributed by atoms with Crippen molar-refractivity contribution in [2.75, 3.05) is 26.4 Å². The SMILES string of the molecule is CCCCCC1(CCCCC)O[C@@H]2[C@H](O1)[C@H]1ON(Cc3ccc(C=CCO[C@H]4O[C@H](CO)[C@H](O)[C@H](O)[C@H]4O)cc3)[C@H]3C(=O)O[C@@H]2C[C@@]13C(=O)N[C@@H](C(=O)NCCO)[C@H](C)O. The first kappa shape index (κ1) is 46.4. The number of amides is 2. The number of hydrogen-bond acceptors (Lipinski definition) is 16. The van der Waals surface area contributed by atoms with Crippen molar-refractivity contribution in [2.45, 2.75) is 164 Å². The lowest BCUT2D eigenvalue weighted by atomic mass is 9.62. The lowest BCUT2D eigenvalue weighted by molar-refractivity contribution is -0.298. The molecule has 1 aromatic rings. The second kappa shape index (κ2) is 20.4. The highest BCUT2D eigenvalue weighted by molar-refractivity contribution is 5.96. The average Bonchev–Trinajstić information content (AvgIpc) is 3.79. The summed E-state index contributed by atoms with van der Waals surface area (Å²) in [6.45, 7) is 4.66. The molecule has 4 saturated heterocycles. The number of aliphatic hydroxyl groups excluding tert-OH is 6. The number of nitrogens with one attached hydrogen (secondary N) is 2. The van der Waals surface area contributed by atoms with Crippen molar-refractivity contribution in [1.29, 1.82) is 0 Å². The molecule has 0 radical (unpaired) electrons.